The van der Waals surface area contributed by atoms with E-state index in [4.69, 9.17) is 4.74 Å². The Hall–Kier alpha value is -1.88. The van der Waals surface area contributed by atoms with E-state index >= 15 is 0 Å². The Balaban J connectivity index is 2.21. The van der Waals surface area contributed by atoms with Gasteiger partial charge in [-0.25, -0.2) is 9.97 Å². The van der Waals surface area contributed by atoms with Crippen molar-refractivity contribution >= 4 is 18.0 Å². The zero-order chi connectivity index (χ0) is 12.1. The van der Waals surface area contributed by atoms with Crippen LogP contribution < -0.4 is 4.74 Å². The Labute approximate surface area is 103 Å². The van der Waals surface area contributed by atoms with Crippen LogP contribution in [0.2, 0.25) is 0 Å². The van der Waals surface area contributed by atoms with Crippen LogP contribution in [0.1, 0.15) is 10.4 Å². The number of carbonyl (C=O) groups is 1. The summed E-state index contributed by atoms with van der Waals surface area (Å²) in [6.07, 6.45) is 5.52. The van der Waals surface area contributed by atoms with Gasteiger partial charge in [0.05, 0.1) is 5.56 Å². The molecule has 0 unspecified atom stereocenters. The van der Waals surface area contributed by atoms with Gasteiger partial charge in [-0.15, -0.1) is 11.8 Å². The van der Waals surface area contributed by atoms with Gasteiger partial charge in [-0.2, -0.15) is 0 Å². The standard InChI is InChI=1S/C12H10N2O2S/c1-17-11-5-3-2-4-10(11)16-12-13-6-9(8-15)7-14-12/h2-8H,1H3. The number of aldehydes is 1. The molecule has 17 heavy (non-hydrogen) atoms. The Bertz CT molecular complexity index is 514. The van der Waals surface area contributed by atoms with Crippen molar-refractivity contribution in [1.29, 1.82) is 0 Å². The van der Waals surface area contributed by atoms with Gasteiger partial charge >= 0.3 is 6.01 Å². The molecule has 0 radical (unpaired) electrons. The molecule has 4 nitrogen and oxygen atoms in total. The number of hydrogen-bond donors (Lipinski definition) is 0. The van der Waals surface area contributed by atoms with Gasteiger partial charge in [0, 0.05) is 17.3 Å². The molecule has 86 valence electrons. The molecule has 0 atom stereocenters. The molecule has 0 fully saturated rings. The van der Waals surface area contributed by atoms with Crippen LogP contribution in [-0.2, 0) is 0 Å². The highest BCUT2D eigenvalue weighted by atomic mass is 32.2. The van der Waals surface area contributed by atoms with Gasteiger partial charge in [-0.1, -0.05) is 12.1 Å². The Morgan fingerprint density at radius 3 is 2.59 bits per heavy atom. The monoisotopic (exact) mass is 246 g/mol. The molecule has 1 heterocycles. The topological polar surface area (TPSA) is 52.1 Å². The summed E-state index contributed by atoms with van der Waals surface area (Å²) in [5.41, 5.74) is 0.426. The Kier molecular flexibility index (Phi) is 3.72. The molecule has 0 amide bonds. The fraction of sp³-hybridized carbons (Fsp3) is 0.0833. The maximum absolute atomic E-state index is 10.5. The number of para-hydroxylation sites is 1. The lowest BCUT2D eigenvalue weighted by molar-refractivity contribution is 0.112. The van der Waals surface area contributed by atoms with Crippen LogP contribution in [0.4, 0.5) is 0 Å². The van der Waals surface area contributed by atoms with Crippen molar-refractivity contribution in [1.82, 2.24) is 9.97 Å². The van der Waals surface area contributed by atoms with E-state index in [2.05, 4.69) is 9.97 Å². The van der Waals surface area contributed by atoms with Crippen LogP contribution in [-0.4, -0.2) is 22.5 Å². The first-order valence-corrected chi connectivity index (χ1v) is 6.14. The smallest absolute Gasteiger partial charge is 0.321 e. The van der Waals surface area contributed by atoms with Crippen molar-refractivity contribution in [3.8, 4) is 11.8 Å². The van der Waals surface area contributed by atoms with Crippen LogP contribution in [0.15, 0.2) is 41.6 Å². The summed E-state index contributed by atoms with van der Waals surface area (Å²) in [7, 11) is 0. The van der Waals surface area contributed by atoms with E-state index in [1.165, 1.54) is 12.4 Å². The molecule has 0 spiro atoms. The fourth-order valence-corrected chi connectivity index (χ4v) is 1.77. The first-order chi connectivity index (χ1) is 8.33. The number of benzene rings is 1. The largest absolute Gasteiger partial charge is 0.423 e. The quantitative estimate of drug-likeness (QED) is 0.613. The minimum Gasteiger partial charge on any atom is -0.423 e. The average molecular weight is 246 g/mol. The van der Waals surface area contributed by atoms with E-state index in [0.717, 1.165) is 4.90 Å². The predicted molar refractivity (Wildman–Crippen MR) is 65.7 cm³/mol. The van der Waals surface area contributed by atoms with Crippen molar-refractivity contribution in [3.63, 3.8) is 0 Å². The van der Waals surface area contributed by atoms with Crippen molar-refractivity contribution < 1.29 is 9.53 Å². The van der Waals surface area contributed by atoms with Crippen LogP contribution >= 0.6 is 11.8 Å². The summed E-state index contributed by atoms with van der Waals surface area (Å²) in [6.45, 7) is 0. The van der Waals surface area contributed by atoms with Crippen LogP contribution in [0.5, 0.6) is 11.8 Å². The molecular weight excluding hydrogens is 236 g/mol. The van der Waals surface area contributed by atoms with E-state index in [1.54, 1.807) is 11.8 Å². The lowest BCUT2D eigenvalue weighted by Gasteiger charge is -2.07. The molecule has 0 N–H and O–H groups in total. The molecule has 1 aromatic heterocycles. The van der Waals surface area contributed by atoms with Crippen LogP contribution in [0.3, 0.4) is 0 Å². The minimum absolute atomic E-state index is 0.233. The maximum atomic E-state index is 10.5. The van der Waals surface area contributed by atoms with Gasteiger partial charge in [0.1, 0.15) is 5.75 Å². The van der Waals surface area contributed by atoms with Gasteiger partial charge < -0.3 is 4.74 Å². The molecule has 1 aromatic carbocycles. The average Bonchev–Trinajstić information content (AvgIpc) is 2.40. The first kappa shape index (κ1) is 11.6. The number of hydrogen-bond acceptors (Lipinski definition) is 5. The third-order valence-electron chi connectivity index (χ3n) is 2.05. The second-order valence-corrected chi connectivity index (χ2v) is 4.02. The molecule has 0 aliphatic heterocycles. The highest BCUT2D eigenvalue weighted by Gasteiger charge is 2.05. The first-order valence-electron chi connectivity index (χ1n) is 4.91. The zero-order valence-electron chi connectivity index (χ0n) is 9.16. The third-order valence-corrected chi connectivity index (χ3v) is 2.83. The summed E-state index contributed by atoms with van der Waals surface area (Å²) in [5.74, 6) is 0.707. The summed E-state index contributed by atoms with van der Waals surface area (Å²) in [6, 6.07) is 7.86. The molecule has 0 saturated carbocycles. The van der Waals surface area contributed by atoms with Crippen LogP contribution in [0.25, 0.3) is 0 Å². The van der Waals surface area contributed by atoms with Gasteiger partial charge in [-0.3, -0.25) is 4.79 Å². The molecule has 2 aromatic rings. The SMILES string of the molecule is CSc1ccccc1Oc1ncc(C=O)cn1. The molecule has 5 heteroatoms. The molecule has 0 aliphatic carbocycles. The highest BCUT2D eigenvalue weighted by molar-refractivity contribution is 7.98. The predicted octanol–water partition coefficient (Wildman–Crippen LogP) is 2.80. The molecule has 2 rings (SSSR count). The molecular formula is C12H10N2O2S. The number of nitrogens with zero attached hydrogens (tertiary/aromatic N) is 2. The lowest BCUT2D eigenvalue weighted by atomic mass is 10.3. The summed E-state index contributed by atoms with van der Waals surface area (Å²) < 4.78 is 5.54. The minimum atomic E-state index is 0.233. The van der Waals surface area contributed by atoms with Crippen molar-refractivity contribution in [2.45, 2.75) is 4.90 Å². The summed E-state index contributed by atoms with van der Waals surface area (Å²) in [4.78, 5) is 19.4. The fourth-order valence-electron chi connectivity index (χ4n) is 1.24. The summed E-state index contributed by atoms with van der Waals surface area (Å²) >= 11 is 1.59. The normalized spacial score (nSPS) is 9.94. The highest BCUT2D eigenvalue weighted by Crippen LogP contribution is 2.29. The van der Waals surface area contributed by atoms with Crippen molar-refractivity contribution in [3.05, 3.63) is 42.2 Å². The van der Waals surface area contributed by atoms with Crippen molar-refractivity contribution in [2.24, 2.45) is 0 Å². The van der Waals surface area contributed by atoms with Gasteiger partial charge in [0.15, 0.2) is 6.29 Å². The maximum Gasteiger partial charge on any atom is 0.321 e. The van der Waals surface area contributed by atoms with E-state index in [-0.39, 0.29) is 6.01 Å². The summed E-state index contributed by atoms with van der Waals surface area (Å²) in [5, 5.41) is 0. The van der Waals surface area contributed by atoms with Gasteiger partial charge in [0.2, 0.25) is 0 Å². The Morgan fingerprint density at radius 2 is 1.94 bits per heavy atom. The number of carbonyl (C=O) groups excluding carboxylic acids is 1. The van der Waals surface area contributed by atoms with E-state index in [1.807, 2.05) is 30.5 Å². The number of thioether (sulfide) groups is 1. The number of aromatic nitrogens is 2. The second-order valence-electron chi connectivity index (χ2n) is 3.17. The Morgan fingerprint density at radius 1 is 1.24 bits per heavy atom. The van der Waals surface area contributed by atoms with E-state index < -0.39 is 0 Å². The molecule has 0 bridgehead atoms. The lowest BCUT2D eigenvalue weighted by Crippen LogP contribution is -1.94. The number of ether oxygens (including phenoxy) is 1. The van der Waals surface area contributed by atoms with E-state index in [9.17, 15) is 4.79 Å². The van der Waals surface area contributed by atoms with Crippen LogP contribution in [0, 0.1) is 0 Å². The van der Waals surface area contributed by atoms with E-state index in [0.29, 0.717) is 17.6 Å². The second kappa shape index (κ2) is 5.45. The van der Waals surface area contributed by atoms with Gasteiger partial charge in [-0.05, 0) is 18.4 Å². The van der Waals surface area contributed by atoms with Gasteiger partial charge in [0.25, 0.3) is 0 Å². The van der Waals surface area contributed by atoms with Crippen molar-refractivity contribution in [2.75, 3.05) is 6.26 Å². The molecule has 0 aliphatic rings. The number of rotatable bonds is 4. The molecule has 0 saturated heterocycles. The zero-order valence-corrected chi connectivity index (χ0v) is 9.98. The third kappa shape index (κ3) is 2.82.